The number of carbonyl (C=O) groups excluding carboxylic acids is 2. The first-order chi connectivity index (χ1) is 5.65. The van der Waals surface area contributed by atoms with Gasteiger partial charge in [0.2, 0.25) is 11.8 Å². The molecule has 5 nitrogen and oxygen atoms in total. The van der Waals surface area contributed by atoms with Gasteiger partial charge in [0.15, 0.2) is 0 Å². The van der Waals surface area contributed by atoms with E-state index >= 15 is 0 Å². The Labute approximate surface area is 70.1 Å². The minimum Gasteiger partial charge on any atom is -0.390 e. The number of nitrogens with zero attached hydrogens (tertiary/aromatic N) is 1. The Bertz CT molecular complexity index is 189. The van der Waals surface area contributed by atoms with Crippen LogP contribution >= 0.6 is 0 Å². The number of hydrogen-bond donors (Lipinski definition) is 2. The van der Waals surface area contributed by atoms with E-state index in [1.54, 1.807) is 0 Å². The maximum absolute atomic E-state index is 11.0. The van der Waals surface area contributed by atoms with Crippen molar-refractivity contribution in [2.24, 2.45) is 5.73 Å². The molecular weight excluding hydrogens is 160 g/mol. The maximum atomic E-state index is 11.0. The number of amides is 2. The monoisotopic (exact) mass is 172 g/mol. The second-order valence-corrected chi connectivity index (χ2v) is 2.79. The summed E-state index contributed by atoms with van der Waals surface area (Å²) >= 11 is 0. The standard InChI is InChI=1S/C7H12N2O3/c8-3-5(10)4-9-6(11)1-2-7(9)12/h5,10H,1-4,8H2/t5-/m0/s1. The quantitative estimate of drug-likeness (QED) is 0.505. The van der Waals surface area contributed by atoms with E-state index in [0.29, 0.717) is 0 Å². The molecule has 5 heteroatoms. The van der Waals surface area contributed by atoms with Gasteiger partial charge in [0.25, 0.3) is 0 Å². The third-order valence-corrected chi connectivity index (χ3v) is 1.82. The lowest BCUT2D eigenvalue weighted by Gasteiger charge is -2.16. The van der Waals surface area contributed by atoms with Crippen molar-refractivity contribution in [1.82, 2.24) is 4.90 Å². The van der Waals surface area contributed by atoms with Gasteiger partial charge in [-0.05, 0) is 0 Å². The van der Waals surface area contributed by atoms with Crippen LogP contribution < -0.4 is 5.73 Å². The van der Waals surface area contributed by atoms with Gasteiger partial charge in [-0.2, -0.15) is 0 Å². The first kappa shape index (κ1) is 9.15. The Balaban J connectivity index is 2.50. The van der Waals surface area contributed by atoms with E-state index in [4.69, 9.17) is 10.8 Å². The highest BCUT2D eigenvalue weighted by Gasteiger charge is 2.29. The molecule has 68 valence electrons. The van der Waals surface area contributed by atoms with Gasteiger partial charge in [-0.1, -0.05) is 0 Å². The summed E-state index contributed by atoms with van der Waals surface area (Å²) in [5.41, 5.74) is 5.14. The Kier molecular flexibility index (Phi) is 2.78. The average Bonchev–Trinajstić information content (AvgIpc) is 2.35. The fraction of sp³-hybridized carbons (Fsp3) is 0.714. The van der Waals surface area contributed by atoms with E-state index in [1.165, 1.54) is 0 Å². The summed E-state index contributed by atoms with van der Waals surface area (Å²) in [7, 11) is 0. The van der Waals surface area contributed by atoms with Crippen molar-refractivity contribution in [3.05, 3.63) is 0 Å². The maximum Gasteiger partial charge on any atom is 0.229 e. The van der Waals surface area contributed by atoms with Crippen molar-refractivity contribution in [3.63, 3.8) is 0 Å². The highest BCUT2D eigenvalue weighted by Crippen LogP contribution is 2.11. The number of carbonyl (C=O) groups is 2. The van der Waals surface area contributed by atoms with E-state index in [9.17, 15) is 9.59 Å². The lowest BCUT2D eigenvalue weighted by Crippen LogP contribution is -2.39. The van der Waals surface area contributed by atoms with Crippen LogP contribution in [0.25, 0.3) is 0 Å². The number of β-amino-alcohol motifs (C(OH)–C–C–N with tert-alkyl or cyclic N) is 1. The largest absolute Gasteiger partial charge is 0.390 e. The Morgan fingerprint density at radius 3 is 2.33 bits per heavy atom. The second kappa shape index (κ2) is 3.64. The molecule has 3 N–H and O–H groups in total. The molecule has 1 fully saturated rings. The molecule has 1 aliphatic rings. The van der Waals surface area contributed by atoms with Crippen LogP contribution in [0.4, 0.5) is 0 Å². The number of nitrogens with two attached hydrogens (primary N) is 1. The summed E-state index contributed by atoms with van der Waals surface area (Å²) in [4.78, 5) is 23.0. The molecule has 0 aliphatic carbocycles. The van der Waals surface area contributed by atoms with E-state index in [0.717, 1.165) is 4.90 Å². The molecule has 0 aromatic heterocycles. The molecule has 1 saturated heterocycles. The molecule has 1 aliphatic heterocycles. The lowest BCUT2D eigenvalue weighted by molar-refractivity contribution is -0.139. The second-order valence-electron chi connectivity index (χ2n) is 2.79. The van der Waals surface area contributed by atoms with Crippen LogP contribution in [0.1, 0.15) is 12.8 Å². The lowest BCUT2D eigenvalue weighted by atomic mass is 10.3. The van der Waals surface area contributed by atoms with Crippen LogP contribution in [0, 0.1) is 0 Å². The molecule has 2 amide bonds. The number of aliphatic hydroxyl groups is 1. The average molecular weight is 172 g/mol. The van der Waals surface area contributed by atoms with Crippen LogP contribution in [0.15, 0.2) is 0 Å². The number of hydrogen-bond acceptors (Lipinski definition) is 4. The van der Waals surface area contributed by atoms with Crippen LogP contribution in [0.5, 0.6) is 0 Å². The number of rotatable bonds is 3. The van der Waals surface area contributed by atoms with Gasteiger partial charge in [0, 0.05) is 19.4 Å². The van der Waals surface area contributed by atoms with E-state index in [1.807, 2.05) is 0 Å². The van der Waals surface area contributed by atoms with E-state index in [2.05, 4.69) is 0 Å². The third kappa shape index (κ3) is 1.80. The van der Waals surface area contributed by atoms with Crippen molar-refractivity contribution >= 4 is 11.8 Å². The zero-order chi connectivity index (χ0) is 9.14. The van der Waals surface area contributed by atoms with Crippen molar-refractivity contribution in [3.8, 4) is 0 Å². The van der Waals surface area contributed by atoms with Gasteiger partial charge in [-0.15, -0.1) is 0 Å². The molecule has 0 radical (unpaired) electrons. The van der Waals surface area contributed by atoms with Gasteiger partial charge in [0.1, 0.15) is 0 Å². The smallest absolute Gasteiger partial charge is 0.229 e. The Morgan fingerprint density at radius 2 is 1.92 bits per heavy atom. The number of imide groups is 1. The van der Waals surface area contributed by atoms with Gasteiger partial charge < -0.3 is 10.8 Å². The summed E-state index contributed by atoms with van der Waals surface area (Å²) in [5.74, 6) is -0.431. The zero-order valence-corrected chi connectivity index (χ0v) is 6.69. The fourth-order valence-electron chi connectivity index (χ4n) is 1.11. The molecule has 0 unspecified atom stereocenters. The summed E-state index contributed by atoms with van der Waals surface area (Å²) in [6.07, 6.45) is -0.275. The molecule has 0 aromatic rings. The summed E-state index contributed by atoms with van der Waals surface area (Å²) in [6, 6.07) is 0. The first-order valence-electron chi connectivity index (χ1n) is 3.86. The van der Waals surface area contributed by atoms with E-state index < -0.39 is 6.10 Å². The van der Waals surface area contributed by atoms with Gasteiger partial charge in [-0.25, -0.2) is 0 Å². The predicted octanol–water partition coefficient (Wildman–Crippen LogP) is -1.54. The van der Waals surface area contributed by atoms with Crippen LogP contribution in [0.3, 0.4) is 0 Å². The highest BCUT2D eigenvalue weighted by atomic mass is 16.3. The van der Waals surface area contributed by atoms with Crippen LogP contribution in [-0.2, 0) is 9.59 Å². The molecular formula is C7H12N2O3. The number of likely N-dealkylation sites (tertiary alicyclic amines) is 1. The van der Waals surface area contributed by atoms with Gasteiger partial charge >= 0.3 is 0 Å². The summed E-state index contributed by atoms with van der Waals surface area (Å²) in [5, 5.41) is 9.08. The Hall–Kier alpha value is -0.940. The Morgan fingerprint density at radius 1 is 1.42 bits per heavy atom. The molecule has 1 heterocycles. The first-order valence-corrected chi connectivity index (χ1v) is 3.86. The zero-order valence-electron chi connectivity index (χ0n) is 6.69. The van der Waals surface area contributed by atoms with Crippen molar-refractivity contribution in [2.45, 2.75) is 18.9 Å². The molecule has 1 rings (SSSR count). The van der Waals surface area contributed by atoms with Crippen molar-refractivity contribution in [1.29, 1.82) is 0 Å². The minimum absolute atomic E-state index is 0.0359. The predicted molar refractivity (Wildman–Crippen MR) is 41.0 cm³/mol. The number of aliphatic hydroxyl groups excluding tert-OH is 1. The van der Waals surface area contributed by atoms with Crippen molar-refractivity contribution in [2.75, 3.05) is 13.1 Å². The van der Waals surface area contributed by atoms with Gasteiger partial charge in [-0.3, -0.25) is 14.5 Å². The molecule has 12 heavy (non-hydrogen) atoms. The normalized spacial score (nSPS) is 20.3. The summed E-state index contributed by atoms with van der Waals surface area (Å²) < 4.78 is 0. The summed E-state index contributed by atoms with van der Waals surface area (Å²) in [6.45, 7) is 0.102. The molecule has 0 spiro atoms. The molecule has 0 saturated carbocycles. The highest BCUT2D eigenvalue weighted by molar-refractivity contribution is 6.01. The van der Waals surface area contributed by atoms with Crippen LogP contribution in [-0.4, -0.2) is 41.0 Å². The molecule has 0 aromatic carbocycles. The van der Waals surface area contributed by atoms with Gasteiger partial charge in [0.05, 0.1) is 12.6 Å². The fourth-order valence-corrected chi connectivity index (χ4v) is 1.11. The van der Waals surface area contributed by atoms with Crippen molar-refractivity contribution < 1.29 is 14.7 Å². The molecule has 1 atom stereocenters. The third-order valence-electron chi connectivity index (χ3n) is 1.82. The molecule has 0 bridgehead atoms. The van der Waals surface area contributed by atoms with Crippen LogP contribution in [0.2, 0.25) is 0 Å². The SMILES string of the molecule is NC[C@H](O)CN1C(=O)CCC1=O. The van der Waals surface area contributed by atoms with E-state index in [-0.39, 0.29) is 37.7 Å². The minimum atomic E-state index is -0.795. The topological polar surface area (TPSA) is 83.6 Å².